The van der Waals surface area contributed by atoms with Crippen LogP contribution < -0.4 is 25.2 Å². The van der Waals surface area contributed by atoms with Gasteiger partial charge in [-0.2, -0.15) is 13.2 Å². The summed E-state index contributed by atoms with van der Waals surface area (Å²) < 4.78 is 105. The molecular weight excluding hydrogens is 1470 g/mol. The van der Waals surface area contributed by atoms with Gasteiger partial charge in [0.25, 0.3) is 31.7 Å². The Labute approximate surface area is 642 Å². The number of nitrogens with one attached hydrogen (secondary N) is 3. The number of thioether (sulfide) groups is 1. The Bertz CT molecular complexity index is 4280. The maximum absolute atomic E-state index is 14.4. The number of hydrogen-bond donors (Lipinski definition) is 3. The van der Waals surface area contributed by atoms with Crippen molar-refractivity contribution >= 4 is 95.4 Å². The summed E-state index contributed by atoms with van der Waals surface area (Å²) in [4.78, 5) is 84.3. The molecule has 5 aromatic carbocycles. The lowest BCUT2D eigenvalue weighted by Gasteiger charge is -2.44. The summed E-state index contributed by atoms with van der Waals surface area (Å²) in [6, 6.07) is 31.3. The van der Waals surface area contributed by atoms with Crippen LogP contribution in [0.5, 0.6) is 0 Å². The molecule has 0 aromatic heterocycles. The third kappa shape index (κ3) is 19.8. The van der Waals surface area contributed by atoms with E-state index in [9.17, 15) is 54.0 Å². The normalized spacial score (nSPS) is 22.1. The lowest BCUT2D eigenvalue weighted by Crippen LogP contribution is -2.52. The maximum Gasteiger partial charge on any atom is 0.501 e. The number of carbonyl (C=O) groups is 5. The number of fused-ring (bicyclic) bond motifs is 1. The van der Waals surface area contributed by atoms with Crippen LogP contribution in [0, 0.1) is 11.3 Å². The minimum atomic E-state index is -6.10. The molecule has 0 spiro atoms. The number of nitrogens with zero attached hydrogens (tertiary/aromatic N) is 9. The number of sulfonamides is 1. The van der Waals surface area contributed by atoms with Crippen LogP contribution in [0.4, 0.5) is 30.2 Å². The minimum absolute atomic E-state index is 0.0183. The molecule has 7 heterocycles. The van der Waals surface area contributed by atoms with Crippen molar-refractivity contribution in [1.82, 2.24) is 44.3 Å². The first-order valence-electron chi connectivity index (χ1n) is 38.2. The minimum Gasteiger partial charge on any atom is -0.380 e. The highest BCUT2D eigenvalue weighted by molar-refractivity contribution is 7.99. The van der Waals surface area contributed by atoms with Gasteiger partial charge in [-0.15, -0.1) is 11.8 Å². The van der Waals surface area contributed by atoms with Crippen LogP contribution in [0.15, 0.2) is 136 Å². The van der Waals surface area contributed by atoms with Crippen molar-refractivity contribution in [1.29, 1.82) is 0 Å². The second kappa shape index (κ2) is 35.1. The Morgan fingerprint density at radius 3 is 2.11 bits per heavy atom. The number of imide groups is 1. The molecule has 108 heavy (non-hydrogen) atoms. The summed E-state index contributed by atoms with van der Waals surface area (Å²) in [7, 11) is -11.0. The molecule has 5 aromatic rings. The summed E-state index contributed by atoms with van der Waals surface area (Å²) in [6.45, 7) is 21.6. The fourth-order valence-electron chi connectivity index (χ4n) is 16.7. The van der Waals surface area contributed by atoms with Crippen LogP contribution in [-0.4, -0.2) is 255 Å². The lowest BCUT2D eigenvalue weighted by atomic mass is 9.71. The van der Waals surface area contributed by atoms with E-state index in [0.29, 0.717) is 93.5 Å². The molecule has 6 saturated heterocycles. The molecule has 22 nitrogen and oxygen atoms in total. The number of amides is 5. The van der Waals surface area contributed by atoms with E-state index in [2.05, 4.69) is 75.0 Å². The highest BCUT2D eigenvalue weighted by atomic mass is 35.5. The number of allylic oxidation sites excluding steroid dienone is 1. The molecule has 8 aliphatic rings. The SMILES string of the molecule is C[C@@]1(CN2CCN(C(=O)CCCN3CCC(CN4CCN(c5ccc6c(c5)CN(C5CCC(=O)NC5=O)C6=O)CC4)CC3)CC2)CCC(c2ccc(Cl)cc2)=C(CN2CCN(c3ccc(C(=O)NS(=O)(=O)c4ccc(N[C@H](CCN5CCCOCC5)CSc5ccccc5)c(S(=O)(=O)C(F)(F)F)c4)cc3)CC2)C1. The lowest BCUT2D eigenvalue weighted by molar-refractivity contribution is -0.137. The van der Waals surface area contributed by atoms with E-state index in [-0.39, 0.29) is 35.1 Å². The van der Waals surface area contributed by atoms with Crippen molar-refractivity contribution in [3.8, 4) is 0 Å². The highest BCUT2D eigenvalue weighted by Gasteiger charge is 2.49. The topological polar surface area (TPSA) is 228 Å². The zero-order valence-corrected chi connectivity index (χ0v) is 64.7. The van der Waals surface area contributed by atoms with Crippen LogP contribution in [0.2, 0.25) is 5.02 Å². The van der Waals surface area contributed by atoms with E-state index >= 15 is 0 Å². The van der Waals surface area contributed by atoms with Gasteiger partial charge in [0.1, 0.15) is 10.9 Å². The summed E-state index contributed by atoms with van der Waals surface area (Å²) in [5.41, 5.74) is 1.24. The predicted octanol–water partition coefficient (Wildman–Crippen LogP) is 9.42. The smallest absolute Gasteiger partial charge is 0.380 e. The Morgan fingerprint density at radius 1 is 0.713 bits per heavy atom. The van der Waals surface area contributed by atoms with Gasteiger partial charge in [-0.1, -0.05) is 54.4 Å². The number of halogens is 4. The second-order valence-electron chi connectivity index (χ2n) is 30.6. The fourth-order valence-corrected chi connectivity index (χ4v) is 19.9. The van der Waals surface area contributed by atoms with Crippen molar-refractivity contribution < 1.29 is 58.7 Å². The first-order valence-corrected chi connectivity index (χ1v) is 42.5. The maximum atomic E-state index is 14.4. The van der Waals surface area contributed by atoms with Crippen molar-refractivity contribution in [2.24, 2.45) is 11.3 Å². The van der Waals surface area contributed by atoms with Crippen molar-refractivity contribution in [3.05, 3.63) is 148 Å². The Balaban J connectivity index is 0.544. The van der Waals surface area contributed by atoms with Crippen LogP contribution >= 0.6 is 23.4 Å². The van der Waals surface area contributed by atoms with Gasteiger partial charge in [-0.3, -0.25) is 44.0 Å². The molecular formula is C79H100ClF3N12O10S3. The molecule has 6 fully saturated rings. The quantitative estimate of drug-likeness (QED) is 0.0346. The summed E-state index contributed by atoms with van der Waals surface area (Å²) in [5.74, 6) is -0.638. The standard InChI is InChI=1S/C79H100ClF3N12O10S3/c1-78(56-91-38-44-94(45-39-91)74(97)9-5-29-87-31-25-57(26-32-87)52-89-34-42-93(43-35-89)65-18-20-69-60(49-65)54-95(77(69)100)71-22-23-73(96)85-76(71)99)28-24-68(58-10-14-62(80)15-11-58)61(51-78)53-90-36-40-92(41-37-90)64-16-12-59(13-17-64)75(98)86-108(103,104)67-19-21-70(72(50-67)107(101,102)79(81,82)83)84-63(55-106-66-7-3-2-4-8-66)27-33-88-30-6-47-105-48-46-88/h2-4,7-8,10-21,49-50,57,63,71,84H,5-6,9,22-48,51-56H2,1H3,(H,86,98)(H,85,96,99)/t63-,71?,78-/m1/s1. The zero-order chi connectivity index (χ0) is 75.7. The number of hydrogen-bond acceptors (Lipinski definition) is 19. The molecule has 1 aliphatic carbocycles. The van der Waals surface area contributed by atoms with E-state index in [0.717, 1.165) is 190 Å². The number of rotatable bonds is 26. The molecule has 29 heteroatoms. The number of anilines is 3. The third-order valence-electron chi connectivity index (χ3n) is 22.9. The van der Waals surface area contributed by atoms with Crippen LogP contribution in [0.3, 0.4) is 0 Å². The average Bonchev–Trinajstić information content (AvgIpc) is 1.36. The van der Waals surface area contributed by atoms with E-state index < -0.39 is 64.7 Å². The zero-order valence-electron chi connectivity index (χ0n) is 61.5. The van der Waals surface area contributed by atoms with E-state index in [1.54, 1.807) is 17.0 Å². The van der Waals surface area contributed by atoms with Gasteiger partial charge < -0.3 is 39.5 Å². The monoisotopic (exact) mass is 1560 g/mol. The largest absolute Gasteiger partial charge is 0.501 e. The first-order chi connectivity index (χ1) is 51.9. The Kier molecular flexibility index (Phi) is 25.6. The van der Waals surface area contributed by atoms with Gasteiger partial charge in [0.2, 0.25) is 17.7 Å². The van der Waals surface area contributed by atoms with E-state index in [4.69, 9.17) is 16.3 Å². The second-order valence-corrected chi connectivity index (χ2v) is 35.7. The van der Waals surface area contributed by atoms with Gasteiger partial charge >= 0.3 is 5.51 Å². The fraction of sp³-hybridized carbons (Fsp3) is 0.532. The molecule has 5 amide bonds. The number of carbonyl (C=O) groups excluding carboxylic acids is 5. The molecule has 0 bridgehead atoms. The van der Waals surface area contributed by atoms with Gasteiger partial charge in [0, 0.05) is 188 Å². The van der Waals surface area contributed by atoms with Crippen LogP contribution in [0.1, 0.15) is 109 Å². The Morgan fingerprint density at radius 2 is 1.40 bits per heavy atom. The van der Waals surface area contributed by atoms with Crippen molar-refractivity contribution in [2.45, 2.75) is 116 Å². The summed E-state index contributed by atoms with van der Waals surface area (Å²) >= 11 is 7.86. The number of sulfone groups is 1. The number of benzene rings is 5. The molecule has 1 unspecified atom stereocenters. The average molecular weight is 1570 g/mol. The van der Waals surface area contributed by atoms with Crippen LogP contribution in [-0.2, 0) is 45.5 Å². The van der Waals surface area contributed by atoms with Gasteiger partial charge in [-0.25, -0.2) is 21.6 Å². The molecule has 3 N–H and O–H groups in total. The van der Waals surface area contributed by atoms with Gasteiger partial charge in [0.05, 0.1) is 17.2 Å². The molecule has 0 radical (unpaired) electrons. The summed E-state index contributed by atoms with van der Waals surface area (Å²) in [6.07, 6.45) is 8.43. The molecule has 0 saturated carbocycles. The van der Waals surface area contributed by atoms with Crippen LogP contribution in [0.25, 0.3) is 5.57 Å². The number of likely N-dealkylation sites (tertiary alicyclic amines) is 1. The Hall–Kier alpha value is -7.12. The molecule has 13 rings (SSSR count). The number of piperidine rings is 2. The summed E-state index contributed by atoms with van der Waals surface area (Å²) in [5, 5.41) is 6.10. The number of ether oxygens (including phenoxy) is 1. The number of piperazine rings is 3. The molecule has 7 aliphatic heterocycles. The number of alkyl halides is 3. The highest BCUT2D eigenvalue weighted by Crippen LogP contribution is 2.45. The van der Waals surface area contributed by atoms with E-state index in [1.165, 1.54) is 40.6 Å². The van der Waals surface area contributed by atoms with Crippen molar-refractivity contribution in [3.63, 3.8) is 0 Å². The van der Waals surface area contributed by atoms with Gasteiger partial charge in [-0.05, 0) is 190 Å². The van der Waals surface area contributed by atoms with Crippen molar-refractivity contribution in [2.75, 3.05) is 172 Å². The first kappa shape index (κ1) is 79.0. The van der Waals surface area contributed by atoms with E-state index in [1.807, 2.05) is 59.3 Å². The predicted molar refractivity (Wildman–Crippen MR) is 413 cm³/mol. The van der Waals surface area contributed by atoms with Gasteiger partial charge in [0.15, 0.2) is 0 Å². The molecule has 582 valence electrons. The molecule has 3 atom stereocenters. The third-order valence-corrected chi connectivity index (χ3v) is 27.2.